The molecule has 1 aliphatic rings. The Morgan fingerprint density at radius 1 is 1.50 bits per heavy atom. The zero-order valence-corrected chi connectivity index (χ0v) is 7.16. The minimum Gasteiger partial charge on any atom is -0.396 e. The number of halogens is 1. The first-order chi connectivity index (χ1) is 4.33. The van der Waals surface area contributed by atoms with Gasteiger partial charge in [-0.05, 0) is 25.7 Å². The third kappa shape index (κ3) is 2.86. The molecule has 0 aromatic heterocycles. The van der Waals surface area contributed by atoms with E-state index in [-0.39, 0.29) is 12.4 Å². The molecule has 2 atom stereocenters. The highest BCUT2D eigenvalue weighted by Crippen LogP contribution is 2.12. The summed E-state index contributed by atoms with van der Waals surface area (Å²) < 4.78 is 0. The van der Waals surface area contributed by atoms with Crippen molar-refractivity contribution in [2.24, 2.45) is 5.92 Å². The van der Waals surface area contributed by atoms with E-state index >= 15 is 0 Å². The minimum atomic E-state index is 0. The standard InChI is InChI=1S/C7H15NO.ClH/c1-6-2-3-7(5-9)4-8-6;/h6-9H,2-5H2,1H3;1H. The van der Waals surface area contributed by atoms with Gasteiger partial charge in [-0.15, -0.1) is 12.4 Å². The van der Waals surface area contributed by atoms with Crippen molar-refractivity contribution >= 4 is 12.4 Å². The van der Waals surface area contributed by atoms with Gasteiger partial charge in [0, 0.05) is 19.2 Å². The molecule has 1 saturated heterocycles. The third-order valence-corrected chi connectivity index (χ3v) is 2.02. The highest BCUT2D eigenvalue weighted by Gasteiger charge is 2.15. The Hall–Kier alpha value is 0.210. The molecule has 0 aromatic carbocycles. The molecule has 2 N–H and O–H groups in total. The predicted octanol–water partition coefficient (Wildman–Crippen LogP) is 0.789. The molecule has 0 aromatic rings. The van der Waals surface area contributed by atoms with Gasteiger partial charge in [-0.2, -0.15) is 0 Å². The molecular formula is C7H16ClNO. The van der Waals surface area contributed by atoms with Crippen LogP contribution in [0.4, 0.5) is 0 Å². The molecule has 1 aliphatic heterocycles. The number of hydrogen-bond donors (Lipinski definition) is 2. The van der Waals surface area contributed by atoms with Crippen LogP contribution in [0.25, 0.3) is 0 Å². The molecule has 2 nitrogen and oxygen atoms in total. The summed E-state index contributed by atoms with van der Waals surface area (Å²) in [5.74, 6) is 0.515. The van der Waals surface area contributed by atoms with Gasteiger partial charge in [0.1, 0.15) is 0 Å². The maximum absolute atomic E-state index is 8.74. The van der Waals surface area contributed by atoms with Crippen molar-refractivity contribution in [2.45, 2.75) is 25.8 Å². The fourth-order valence-electron chi connectivity index (χ4n) is 1.21. The summed E-state index contributed by atoms with van der Waals surface area (Å²) in [7, 11) is 0. The predicted molar refractivity (Wildman–Crippen MR) is 44.5 cm³/mol. The SMILES string of the molecule is CC1CCC(CO)CN1.Cl. The van der Waals surface area contributed by atoms with Gasteiger partial charge in [-0.3, -0.25) is 0 Å². The number of hydrogen-bond acceptors (Lipinski definition) is 2. The molecule has 2 unspecified atom stereocenters. The number of nitrogens with one attached hydrogen (secondary N) is 1. The van der Waals surface area contributed by atoms with Crippen molar-refractivity contribution in [1.29, 1.82) is 0 Å². The van der Waals surface area contributed by atoms with Crippen molar-refractivity contribution < 1.29 is 5.11 Å². The Labute approximate surface area is 68.4 Å². The van der Waals surface area contributed by atoms with Crippen molar-refractivity contribution in [1.82, 2.24) is 5.32 Å². The van der Waals surface area contributed by atoms with Gasteiger partial charge < -0.3 is 10.4 Å². The van der Waals surface area contributed by atoms with Crippen LogP contribution in [0.3, 0.4) is 0 Å². The second kappa shape index (κ2) is 4.94. The van der Waals surface area contributed by atoms with E-state index in [1.807, 2.05) is 0 Å². The van der Waals surface area contributed by atoms with E-state index in [0.717, 1.165) is 6.54 Å². The fraction of sp³-hybridized carbons (Fsp3) is 1.00. The molecule has 3 heteroatoms. The van der Waals surface area contributed by atoms with Gasteiger partial charge >= 0.3 is 0 Å². The molecule has 0 spiro atoms. The molecule has 0 aliphatic carbocycles. The minimum absolute atomic E-state index is 0. The first kappa shape index (κ1) is 10.2. The average Bonchev–Trinajstić information content (AvgIpc) is 1.90. The van der Waals surface area contributed by atoms with Gasteiger partial charge in [-0.1, -0.05) is 0 Å². The topological polar surface area (TPSA) is 32.3 Å². The van der Waals surface area contributed by atoms with Crippen LogP contribution in [0.1, 0.15) is 19.8 Å². The molecule has 1 fully saturated rings. The van der Waals surface area contributed by atoms with Gasteiger partial charge in [0.15, 0.2) is 0 Å². The highest BCUT2D eigenvalue weighted by molar-refractivity contribution is 5.85. The summed E-state index contributed by atoms with van der Waals surface area (Å²) in [6.07, 6.45) is 2.40. The van der Waals surface area contributed by atoms with Crippen molar-refractivity contribution in [3.63, 3.8) is 0 Å². The number of aliphatic hydroxyl groups is 1. The molecule has 0 radical (unpaired) electrons. The molecule has 10 heavy (non-hydrogen) atoms. The lowest BCUT2D eigenvalue weighted by Crippen LogP contribution is -2.38. The number of rotatable bonds is 1. The van der Waals surface area contributed by atoms with Crippen molar-refractivity contribution in [3.8, 4) is 0 Å². The first-order valence-corrected chi connectivity index (χ1v) is 3.67. The van der Waals surface area contributed by atoms with E-state index in [1.54, 1.807) is 0 Å². The lowest BCUT2D eigenvalue weighted by Gasteiger charge is -2.25. The van der Waals surface area contributed by atoms with E-state index in [4.69, 9.17) is 5.11 Å². The largest absolute Gasteiger partial charge is 0.396 e. The maximum Gasteiger partial charge on any atom is 0.0471 e. The molecule has 0 bridgehead atoms. The third-order valence-electron chi connectivity index (χ3n) is 2.02. The van der Waals surface area contributed by atoms with E-state index in [1.165, 1.54) is 12.8 Å². The van der Waals surface area contributed by atoms with E-state index in [0.29, 0.717) is 18.6 Å². The van der Waals surface area contributed by atoms with Crippen LogP contribution in [0, 0.1) is 5.92 Å². The van der Waals surface area contributed by atoms with E-state index < -0.39 is 0 Å². The number of aliphatic hydroxyl groups excluding tert-OH is 1. The van der Waals surface area contributed by atoms with E-state index in [2.05, 4.69) is 12.2 Å². The molecule has 0 amide bonds. The second-order valence-electron chi connectivity index (χ2n) is 2.94. The quantitative estimate of drug-likeness (QED) is 0.602. The Kier molecular flexibility index (Phi) is 5.04. The summed E-state index contributed by atoms with van der Waals surface area (Å²) in [4.78, 5) is 0. The van der Waals surface area contributed by atoms with Crippen LogP contribution < -0.4 is 5.32 Å². The summed E-state index contributed by atoms with van der Waals surface area (Å²) >= 11 is 0. The zero-order chi connectivity index (χ0) is 6.69. The summed E-state index contributed by atoms with van der Waals surface area (Å²) in [6.45, 7) is 3.53. The van der Waals surface area contributed by atoms with Gasteiger partial charge in [-0.25, -0.2) is 0 Å². The Balaban J connectivity index is 0.000000810. The van der Waals surface area contributed by atoms with E-state index in [9.17, 15) is 0 Å². The van der Waals surface area contributed by atoms with Crippen LogP contribution in [-0.4, -0.2) is 24.3 Å². The van der Waals surface area contributed by atoms with Gasteiger partial charge in [0.05, 0.1) is 0 Å². The Morgan fingerprint density at radius 2 is 2.20 bits per heavy atom. The summed E-state index contributed by atoms with van der Waals surface area (Å²) in [5, 5.41) is 12.1. The average molecular weight is 166 g/mol. The van der Waals surface area contributed by atoms with Gasteiger partial charge in [0.2, 0.25) is 0 Å². The zero-order valence-electron chi connectivity index (χ0n) is 6.34. The monoisotopic (exact) mass is 165 g/mol. The normalized spacial score (nSPS) is 33.0. The fourth-order valence-corrected chi connectivity index (χ4v) is 1.21. The maximum atomic E-state index is 8.74. The molecule has 1 heterocycles. The lowest BCUT2D eigenvalue weighted by molar-refractivity contribution is 0.186. The Morgan fingerprint density at radius 3 is 2.60 bits per heavy atom. The van der Waals surface area contributed by atoms with Crippen LogP contribution in [0.5, 0.6) is 0 Å². The molecule has 1 rings (SSSR count). The van der Waals surface area contributed by atoms with Crippen LogP contribution >= 0.6 is 12.4 Å². The molecule has 62 valence electrons. The molecular weight excluding hydrogens is 150 g/mol. The smallest absolute Gasteiger partial charge is 0.0471 e. The highest BCUT2D eigenvalue weighted by atomic mass is 35.5. The molecule has 0 saturated carbocycles. The first-order valence-electron chi connectivity index (χ1n) is 3.67. The van der Waals surface area contributed by atoms with Crippen molar-refractivity contribution in [3.05, 3.63) is 0 Å². The van der Waals surface area contributed by atoms with Gasteiger partial charge in [0.25, 0.3) is 0 Å². The lowest BCUT2D eigenvalue weighted by atomic mass is 9.96. The van der Waals surface area contributed by atoms with Crippen LogP contribution in [-0.2, 0) is 0 Å². The van der Waals surface area contributed by atoms with Crippen molar-refractivity contribution in [2.75, 3.05) is 13.2 Å². The second-order valence-corrected chi connectivity index (χ2v) is 2.94. The summed E-state index contributed by atoms with van der Waals surface area (Å²) in [5.41, 5.74) is 0. The van der Waals surface area contributed by atoms with Crippen LogP contribution in [0.15, 0.2) is 0 Å². The summed E-state index contributed by atoms with van der Waals surface area (Å²) in [6, 6.07) is 0.660. The Bertz CT molecular complexity index is 81.7. The van der Waals surface area contributed by atoms with Crippen LogP contribution in [0.2, 0.25) is 0 Å². The number of piperidine rings is 1.